The van der Waals surface area contributed by atoms with E-state index in [0.29, 0.717) is 76.5 Å². The number of imidazole rings is 1. The van der Waals surface area contributed by atoms with Crippen LogP contribution in [0, 0.1) is 0 Å². The molecular weight excluding hydrogens is 657 g/mol. The largest absolute Gasteiger partial charge is 0.496 e. The number of carbonyl (C=O) groups excluding carboxylic acids is 3. The maximum Gasteiger partial charge on any atom is 0.291 e. The van der Waals surface area contributed by atoms with E-state index in [1.165, 1.54) is 4.90 Å². The number of anilines is 1. The zero-order valence-corrected chi connectivity index (χ0v) is 28.0. The van der Waals surface area contributed by atoms with Crippen LogP contribution in [0.1, 0.15) is 40.4 Å². The van der Waals surface area contributed by atoms with E-state index in [1.807, 2.05) is 24.3 Å². The monoisotopic (exact) mass is 691 g/mol. The molecule has 0 bridgehead atoms. The highest BCUT2D eigenvalue weighted by Crippen LogP contribution is 2.41. The molecule has 0 spiro atoms. The SMILES string of the molecule is COc1cc(-c2nccc(-c3cccc(NC(=O)c4nc5c(n4C)CCN(C(=O)CO)C5)c3Cl)c2Cl)ccc1CNCC1CCC(=O)N1. The van der Waals surface area contributed by atoms with Crippen LogP contribution in [0.4, 0.5) is 5.69 Å². The lowest BCUT2D eigenvalue weighted by Gasteiger charge is -2.26. The molecule has 12 nitrogen and oxygen atoms in total. The van der Waals surface area contributed by atoms with Crippen LogP contribution in [0.3, 0.4) is 0 Å². The van der Waals surface area contributed by atoms with Gasteiger partial charge in [0, 0.05) is 79.7 Å². The van der Waals surface area contributed by atoms with Gasteiger partial charge in [-0.25, -0.2) is 4.98 Å². The standard InChI is InChI=1S/C34H35Cl2N7O5/c1-42-26-11-13-43(29(46)18-44)17-25(26)40-33(42)34(47)41-24-5-3-4-22(30(24)35)23-10-12-38-32(31(23)36)19-6-7-20(27(14-19)48-2)15-37-16-21-8-9-28(45)39-21/h3-7,10,12,14,21,37,44H,8-9,11,13,15-18H2,1-2H3,(H,39,45)(H,41,47). The number of aliphatic hydroxyl groups is 1. The fourth-order valence-corrected chi connectivity index (χ4v) is 6.76. The van der Waals surface area contributed by atoms with E-state index in [1.54, 1.807) is 43.1 Å². The predicted octanol–water partition coefficient (Wildman–Crippen LogP) is 3.96. The van der Waals surface area contributed by atoms with Crippen LogP contribution < -0.4 is 20.7 Å². The van der Waals surface area contributed by atoms with Crippen LogP contribution in [0.15, 0.2) is 48.7 Å². The van der Waals surface area contributed by atoms with Crippen molar-refractivity contribution in [1.82, 2.24) is 30.1 Å². The van der Waals surface area contributed by atoms with Crippen molar-refractivity contribution >= 4 is 46.6 Å². The zero-order valence-electron chi connectivity index (χ0n) is 26.5. The summed E-state index contributed by atoms with van der Waals surface area (Å²) >= 11 is 13.9. The molecule has 2 aliphatic heterocycles. The van der Waals surface area contributed by atoms with E-state index in [2.05, 4.69) is 25.9 Å². The van der Waals surface area contributed by atoms with Gasteiger partial charge >= 0.3 is 0 Å². The number of ether oxygens (including phenoxy) is 1. The third kappa shape index (κ3) is 6.74. The summed E-state index contributed by atoms with van der Waals surface area (Å²) in [6, 6.07) is 13.0. The summed E-state index contributed by atoms with van der Waals surface area (Å²) in [7, 11) is 3.37. The van der Waals surface area contributed by atoms with Gasteiger partial charge in [-0.1, -0.05) is 47.5 Å². The Morgan fingerprint density at radius 3 is 2.69 bits per heavy atom. The molecule has 1 fully saturated rings. The highest BCUT2D eigenvalue weighted by Gasteiger charge is 2.28. The van der Waals surface area contributed by atoms with Gasteiger partial charge in [-0.15, -0.1) is 0 Å². The Labute approximate surface area is 287 Å². The van der Waals surface area contributed by atoms with Gasteiger partial charge in [0.2, 0.25) is 11.8 Å². The van der Waals surface area contributed by atoms with Gasteiger partial charge in [0.15, 0.2) is 5.82 Å². The average Bonchev–Trinajstić information content (AvgIpc) is 3.67. The molecule has 0 radical (unpaired) electrons. The van der Waals surface area contributed by atoms with Crippen molar-refractivity contribution in [3.8, 4) is 28.1 Å². The molecule has 2 aromatic carbocycles. The Morgan fingerprint density at radius 1 is 1.12 bits per heavy atom. The topological polar surface area (TPSA) is 151 Å². The minimum atomic E-state index is -0.574. The van der Waals surface area contributed by atoms with E-state index in [4.69, 9.17) is 27.9 Å². The Hall–Kier alpha value is -4.49. The molecule has 0 saturated carbocycles. The molecule has 1 saturated heterocycles. The zero-order chi connectivity index (χ0) is 33.9. The molecule has 2 aromatic heterocycles. The number of rotatable bonds is 10. The summed E-state index contributed by atoms with van der Waals surface area (Å²) in [6.45, 7) is 1.32. The van der Waals surface area contributed by atoms with Gasteiger partial charge in [-0.2, -0.15) is 0 Å². The van der Waals surface area contributed by atoms with Crippen LogP contribution in [0.5, 0.6) is 5.75 Å². The van der Waals surface area contributed by atoms with Crippen LogP contribution >= 0.6 is 23.2 Å². The van der Waals surface area contributed by atoms with Crippen molar-refractivity contribution < 1.29 is 24.2 Å². The number of aromatic nitrogens is 3. The number of hydrogen-bond donors (Lipinski definition) is 4. The smallest absolute Gasteiger partial charge is 0.291 e. The lowest BCUT2D eigenvalue weighted by atomic mass is 10.0. The number of methoxy groups -OCH3 is 1. The van der Waals surface area contributed by atoms with Gasteiger partial charge < -0.3 is 35.3 Å². The summed E-state index contributed by atoms with van der Waals surface area (Å²) in [5, 5.41) is 19.1. The molecule has 2 aliphatic rings. The van der Waals surface area contributed by atoms with Crippen LogP contribution in [0.2, 0.25) is 10.0 Å². The number of fused-ring (bicyclic) bond motifs is 1. The van der Waals surface area contributed by atoms with Gasteiger partial charge in [-0.3, -0.25) is 19.4 Å². The van der Waals surface area contributed by atoms with Gasteiger partial charge in [0.1, 0.15) is 12.4 Å². The van der Waals surface area contributed by atoms with Gasteiger partial charge in [0.05, 0.1) is 40.8 Å². The molecule has 4 N–H and O–H groups in total. The van der Waals surface area contributed by atoms with Crippen LogP contribution in [-0.4, -0.2) is 75.1 Å². The van der Waals surface area contributed by atoms with Crippen molar-refractivity contribution in [2.24, 2.45) is 7.05 Å². The second kappa shape index (κ2) is 14.3. The van der Waals surface area contributed by atoms with Crippen molar-refractivity contribution in [1.29, 1.82) is 0 Å². The second-order valence-electron chi connectivity index (χ2n) is 11.7. The van der Waals surface area contributed by atoms with E-state index in [-0.39, 0.29) is 30.2 Å². The molecule has 1 unspecified atom stereocenters. The highest BCUT2D eigenvalue weighted by molar-refractivity contribution is 6.39. The van der Waals surface area contributed by atoms with E-state index >= 15 is 0 Å². The number of aliphatic hydroxyl groups excluding tert-OH is 1. The first-order chi connectivity index (χ1) is 23.2. The minimum Gasteiger partial charge on any atom is -0.496 e. The number of halogens is 2. The van der Waals surface area contributed by atoms with Crippen molar-refractivity contribution in [2.75, 3.05) is 32.1 Å². The molecule has 0 aliphatic carbocycles. The fraction of sp³-hybridized carbons (Fsp3) is 0.324. The van der Waals surface area contributed by atoms with Gasteiger partial charge in [0.25, 0.3) is 5.91 Å². The molecule has 4 aromatic rings. The Morgan fingerprint density at radius 2 is 1.94 bits per heavy atom. The van der Waals surface area contributed by atoms with Crippen molar-refractivity contribution in [3.63, 3.8) is 0 Å². The third-order valence-electron chi connectivity index (χ3n) is 8.72. The predicted molar refractivity (Wildman–Crippen MR) is 182 cm³/mol. The van der Waals surface area contributed by atoms with E-state index in [9.17, 15) is 19.5 Å². The quantitative estimate of drug-likeness (QED) is 0.195. The Kier molecular flexibility index (Phi) is 9.97. The number of nitrogens with zero attached hydrogens (tertiary/aromatic N) is 4. The Bertz CT molecular complexity index is 1900. The van der Waals surface area contributed by atoms with E-state index < -0.39 is 12.5 Å². The first-order valence-electron chi connectivity index (χ1n) is 15.5. The second-order valence-corrected chi connectivity index (χ2v) is 12.5. The molecule has 1 atom stereocenters. The summed E-state index contributed by atoms with van der Waals surface area (Å²) in [5.41, 5.74) is 5.34. The normalized spacial score (nSPS) is 15.6. The number of carbonyl (C=O) groups is 3. The first kappa shape index (κ1) is 33.4. The van der Waals surface area contributed by atoms with Gasteiger partial charge in [-0.05, 0) is 24.6 Å². The number of nitrogens with one attached hydrogen (secondary N) is 3. The summed E-state index contributed by atoms with van der Waals surface area (Å²) < 4.78 is 7.41. The molecule has 4 heterocycles. The average molecular weight is 693 g/mol. The lowest BCUT2D eigenvalue weighted by Crippen LogP contribution is -2.38. The summed E-state index contributed by atoms with van der Waals surface area (Å²) in [4.78, 5) is 47.5. The molecular formula is C34H35Cl2N7O5. The fourth-order valence-electron chi connectivity index (χ4n) is 6.16. The van der Waals surface area contributed by atoms with E-state index in [0.717, 1.165) is 23.2 Å². The number of amides is 3. The van der Waals surface area contributed by atoms with Crippen molar-refractivity contribution in [2.45, 2.75) is 38.4 Å². The van der Waals surface area contributed by atoms with Crippen LogP contribution in [-0.2, 0) is 36.1 Å². The molecule has 3 amide bonds. The van der Waals surface area contributed by atoms with Crippen LogP contribution in [0.25, 0.3) is 22.4 Å². The number of pyridine rings is 1. The first-order valence-corrected chi connectivity index (χ1v) is 16.3. The van der Waals surface area contributed by atoms with Crippen molar-refractivity contribution in [3.05, 3.63) is 81.5 Å². The maximum absolute atomic E-state index is 13.4. The maximum atomic E-state index is 13.4. The summed E-state index contributed by atoms with van der Waals surface area (Å²) in [6.07, 6.45) is 3.55. The minimum absolute atomic E-state index is 0.0868. The number of hydrogen-bond acceptors (Lipinski definition) is 8. The highest BCUT2D eigenvalue weighted by atomic mass is 35.5. The molecule has 6 rings (SSSR count). The molecule has 48 heavy (non-hydrogen) atoms. The number of benzene rings is 2. The summed E-state index contributed by atoms with van der Waals surface area (Å²) in [5.74, 6) is 0.105. The Balaban J connectivity index is 1.21. The molecule has 250 valence electrons. The third-order valence-corrected chi connectivity index (χ3v) is 9.51. The lowest BCUT2D eigenvalue weighted by molar-refractivity contribution is -0.135. The molecule has 14 heteroatoms.